The van der Waals surface area contributed by atoms with Crippen LogP contribution in [0.2, 0.25) is 0 Å². The molecule has 1 fully saturated rings. The number of nitrogens with two attached hydrogens (primary N) is 1. The van der Waals surface area contributed by atoms with Crippen LogP contribution in [0.15, 0.2) is 22.7 Å². The number of hydrogen-bond donors (Lipinski definition) is 1. The molecule has 1 aliphatic heterocycles. The summed E-state index contributed by atoms with van der Waals surface area (Å²) in [6, 6.07) is 7.48. The number of benzene rings is 1. The molecule has 1 aliphatic rings. The molecule has 0 spiro atoms. The van der Waals surface area contributed by atoms with Crippen LogP contribution >= 0.6 is 15.9 Å². The second-order valence-corrected chi connectivity index (χ2v) is 6.09. The number of nitriles is 1. The molecule has 2 rings (SSSR count). The van der Waals surface area contributed by atoms with Gasteiger partial charge in [0, 0.05) is 6.42 Å². The number of halogens is 1. The van der Waals surface area contributed by atoms with Gasteiger partial charge in [0.25, 0.3) is 0 Å². The minimum Gasteiger partial charge on any atom is -0.489 e. The molecule has 0 saturated carbocycles. The molecule has 1 heterocycles. The van der Waals surface area contributed by atoms with Crippen molar-refractivity contribution in [2.24, 2.45) is 5.73 Å². The minimum atomic E-state index is -1.03. The molecule has 0 radical (unpaired) electrons. The van der Waals surface area contributed by atoms with E-state index in [2.05, 4.69) is 15.9 Å². The highest BCUT2D eigenvalue weighted by Crippen LogP contribution is 2.35. The van der Waals surface area contributed by atoms with E-state index in [1.54, 1.807) is 13.0 Å². The van der Waals surface area contributed by atoms with Crippen LogP contribution in [0.1, 0.15) is 26.2 Å². The number of rotatable bonds is 5. The molecule has 1 saturated heterocycles. The molecule has 0 bridgehead atoms. The van der Waals surface area contributed by atoms with E-state index in [0.717, 1.165) is 25.9 Å². The van der Waals surface area contributed by atoms with Gasteiger partial charge in [-0.25, -0.2) is 0 Å². The Hall–Kier alpha value is -1.29. The van der Waals surface area contributed by atoms with Crippen molar-refractivity contribution in [3.05, 3.63) is 22.7 Å². The van der Waals surface area contributed by atoms with Crippen molar-refractivity contribution < 1.29 is 14.2 Å². The van der Waals surface area contributed by atoms with Crippen molar-refractivity contribution in [3.8, 4) is 17.6 Å². The second-order valence-electron chi connectivity index (χ2n) is 5.30. The molecule has 6 heteroatoms. The first-order chi connectivity index (χ1) is 10.0. The summed E-state index contributed by atoms with van der Waals surface area (Å²) in [4.78, 5) is 0. The van der Waals surface area contributed by atoms with Gasteiger partial charge in [0.15, 0.2) is 6.29 Å². The molecular weight excluding hydrogens is 336 g/mol. The van der Waals surface area contributed by atoms with E-state index in [4.69, 9.17) is 25.2 Å². The van der Waals surface area contributed by atoms with Crippen LogP contribution in [-0.2, 0) is 4.74 Å². The zero-order chi connectivity index (χ0) is 15.3. The molecule has 0 unspecified atom stereocenters. The summed E-state index contributed by atoms with van der Waals surface area (Å²) in [5.74, 6) is 1.25. The average molecular weight is 355 g/mol. The maximum atomic E-state index is 8.90. The lowest BCUT2D eigenvalue weighted by molar-refractivity contribution is -0.106. The van der Waals surface area contributed by atoms with Crippen LogP contribution in [0.25, 0.3) is 0 Å². The van der Waals surface area contributed by atoms with Gasteiger partial charge in [-0.1, -0.05) is 6.07 Å². The summed E-state index contributed by atoms with van der Waals surface area (Å²) < 4.78 is 17.7. The summed E-state index contributed by atoms with van der Waals surface area (Å²) in [6.45, 7) is 2.45. The van der Waals surface area contributed by atoms with E-state index in [9.17, 15) is 0 Å². The molecule has 0 aromatic heterocycles. The summed E-state index contributed by atoms with van der Waals surface area (Å²) in [6.07, 6.45) is 2.84. The van der Waals surface area contributed by atoms with Crippen molar-refractivity contribution in [3.63, 3.8) is 0 Å². The zero-order valence-corrected chi connectivity index (χ0v) is 13.6. The van der Waals surface area contributed by atoms with Crippen molar-refractivity contribution in [1.82, 2.24) is 0 Å². The third-order valence-electron chi connectivity index (χ3n) is 3.11. The van der Waals surface area contributed by atoms with E-state index in [1.165, 1.54) is 0 Å². The Bertz CT molecular complexity index is 522. The highest BCUT2D eigenvalue weighted by atomic mass is 79.9. The van der Waals surface area contributed by atoms with E-state index in [-0.39, 0.29) is 12.9 Å². The third kappa shape index (κ3) is 4.60. The Balaban J connectivity index is 2.03. The Morgan fingerprint density at radius 3 is 2.90 bits per heavy atom. The van der Waals surface area contributed by atoms with Gasteiger partial charge in [-0.3, -0.25) is 0 Å². The maximum absolute atomic E-state index is 8.90. The van der Waals surface area contributed by atoms with Gasteiger partial charge in [0.1, 0.15) is 28.1 Å². The molecule has 21 heavy (non-hydrogen) atoms. The SMILES string of the molecule is C[C@@](N)(C#N)COc1cccc(O[C@H]2CCCCO2)c1Br. The number of ether oxygens (including phenoxy) is 3. The molecule has 0 amide bonds. The van der Waals surface area contributed by atoms with E-state index in [1.807, 2.05) is 18.2 Å². The topological polar surface area (TPSA) is 77.5 Å². The van der Waals surface area contributed by atoms with Gasteiger partial charge < -0.3 is 19.9 Å². The minimum absolute atomic E-state index is 0.103. The van der Waals surface area contributed by atoms with Crippen molar-refractivity contribution in [1.29, 1.82) is 5.26 Å². The van der Waals surface area contributed by atoms with Crippen molar-refractivity contribution >= 4 is 15.9 Å². The summed E-state index contributed by atoms with van der Waals surface area (Å²) in [7, 11) is 0. The smallest absolute Gasteiger partial charge is 0.199 e. The lowest BCUT2D eigenvalue weighted by atomic mass is 10.1. The quantitative estimate of drug-likeness (QED) is 0.879. The largest absolute Gasteiger partial charge is 0.489 e. The highest BCUT2D eigenvalue weighted by Gasteiger charge is 2.21. The van der Waals surface area contributed by atoms with E-state index in [0.29, 0.717) is 16.0 Å². The van der Waals surface area contributed by atoms with Crippen LogP contribution in [-0.4, -0.2) is 25.0 Å². The van der Waals surface area contributed by atoms with Crippen molar-refractivity contribution in [2.45, 2.75) is 38.0 Å². The summed E-state index contributed by atoms with van der Waals surface area (Å²) >= 11 is 3.47. The van der Waals surface area contributed by atoms with Crippen LogP contribution < -0.4 is 15.2 Å². The Morgan fingerprint density at radius 1 is 1.48 bits per heavy atom. The average Bonchev–Trinajstić information content (AvgIpc) is 2.49. The van der Waals surface area contributed by atoms with Gasteiger partial charge in [-0.15, -0.1) is 0 Å². The fourth-order valence-electron chi connectivity index (χ4n) is 1.90. The van der Waals surface area contributed by atoms with Crippen LogP contribution in [0, 0.1) is 11.3 Å². The fourth-order valence-corrected chi connectivity index (χ4v) is 2.37. The molecular formula is C15H19BrN2O3. The standard InChI is InChI=1S/C15H19BrN2O3/c1-15(18,9-17)10-20-11-5-4-6-12(14(11)16)21-13-7-2-3-8-19-13/h4-6,13H,2-3,7-8,10,18H2,1H3/t13-,15+/m0/s1. The van der Waals surface area contributed by atoms with Crippen LogP contribution in [0.3, 0.4) is 0 Å². The molecule has 2 N–H and O–H groups in total. The lowest BCUT2D eigenvalue weighted by Gasteiger charge is -2.24. The molecule has 1 aromatic carbocycles. The van der Waals surface area contributed by atoms with E-state index < -0.39 is 5.54 Å². The van der Waals surface area contributed by atoms with Crippen LogP contribution in [0.4, 0.5) is 0 Å². The van der Waals surface area contributed by atoms with Gasteiger partial charge >= 0.3 is 0 Å². The lowest BCUT2D eigenvalue weighted by Crippen LogP contribution is -2.40. The molecule has 2 atom stereocenters. The van der Waals surface area contributed by atoms with Gasteiger partial charge in [-0.2, -0.15) is 5.26 Å². The van der Waals surface area contributed by atoms with Crippen molar-refractivity contribution in [2.75, 3.05) is 13.2 Å². The first kappa shape index (κ1) is 16.1. The maximum Gasteiger partial charge on any atom is 0.199 e. The van der Waals surface area contributed by atoms with E-state index >= 15 is 0 Å². The first-order valence-electron chi connectivity index (χ1n) is 6.91. The van der Waals surface area contributed by atoms with Gasteiger partial charge in [0.2, 0.25) is 0 Å². The monoisotopic (exact) mass is 354 g/mol. The predicted molar refractivity (Wildman–Crippen MR) is 82.1 cm³/mol. The Kier molecular flexibility index (Phi) is 5.45. The molecule has 0 aliphatic carbocycles. The third-order valence-corrected chi connectivity index (χ3v) is 3.89. The number of nitrogens with zero attached hydrogens (tertiary/aromatic N) is 1. The normalized spacial score (nSPS) is 21.1. The summed E-state index contributed by atoms with van der Waals surface area (Å²) in [5, 5.41) is 8.90. The number of hydrogen-bond acceptors (Lipinski definition) is 5. The first-order valence-corrected chi connectivity index (χ1v) is 7.71. The van der Waals surface area contributed by atoms with Gasteiger partial charge in [-0.05, 0) is 47.8 Å². The zero-order valence-electron chi connectivity index (χ0n) is 12.0. The Labute approximate surface area is 133 Å². The highest BCUT2D eigenvalue weighted by molar-refractivity contribution is 9.10. The van der Waals surface area contributed by atoms with Crippen LogP contribution in [0.5, 0.6) is 11.5 Å². The molecule has 5 nitrogen and oxygen atoms in total. The molecule has 114 valence electrons. The second kappa shape index (κ2) is 7.12. The Morgan fingerprint density at radius 2 is 2.24 bits per heavy atom. The summed E-state index contributed by atoms with van der Waals surface area (Å²) in [5.41, 5.74) is 4.72. The fraction of sp³-hybridized carbons (Fsp3) is 0.533. The molecule has 1 aromatic rings. The van der Waals surface area contributed by atoms with Gasteiger partial charge in [0.05, 0.1) is 12.7 Å². The predicted octanol–water partition coefficient (Wildman–Crippen LogP) is 2.97.